The second kappa shape index (κ2) is 8.85. The van der Waals surface area contributed by atoms with Gasteiger partial charge < -0.3 is 8.83 Å². The summed E-state index contributed by atoms with van der Waals surface area (Å²) in [5, 5.41) is 6.38. The Morgan fingerprint density at radius 2 is 0.976 bits per heavy atom. The molecule has 0 spiro atoms. The molecule has 0 radical (unpaired) electrons. The average molecular weight is 540 g/mol. The Balaban J connectivity index is 1.29. The highest BCUT2D eigenvalue weighted by atomic mass is 16.3. The molecule has 9 aromatic rings. The van der Waals surface area contributed by atoms with E-state index in [1.54, 1.807) is 0 Å². The van der Waals surface area contributed by atoms with Crippen molar-refractivity contribution in [3.8, 4) is 34.2 Å². The standard InChI is InChI=1S/C37H21N3O2/c1-3-9-23(10-4-1)35-38-36(24-11-5-2-6-12-24)40-37(39-35)25-17-19-30-28(21-25)26-18-15-22-16-20-31-33(32(22)34(26)42-30)27-13-7-8-14-29(27)41-31/h1-21H. The van der Waals surface area contributed by atoms with Gasteiger partial charge in [0.15, 0.2) is 17.5 Å². The molecule has 0 aliphatic carbocycles. The van der Waals surface area contributed by atoms with Crippen molar-refractivity contribution in [3.63, 3.8) is 0 Å². The first-order valence-corrected chi connectivity index (χ1v) is 13.9. The molecule has 0 atom stereocenters. The molecule has 0 unspecified atom stereocenters. The van der Waals surface area contributed by atoms with Gasteiger partial charge >= 0.3 is 0 Å². The number of para-hydroxylation sites is 1. The fourth-order valence-electron chi connectivity index (χ4n) is 5.93. The number of hydrogen-bond donors (Lipinski definition) is 0. The Kier molecular flexibility index (Phi) is 4.83. The highest BCUT2D eigenvalue weighted by molar-refractivity contribution is 6.28. The van der Waals surface area contributed by atoms with Gasteiger partial charge in [0.2, 0.25) is 0 Å². The third-order valence-electron chi connectivity index (χ3n) is 7.92. The van der Waals surface area contributed by atoms with Crippen LogP contribution in [0.1, 0.15) is 0 Å². The highest BCUT2D eigenvalue weighted by Gasteiger charge is 2.18. The van der Waals surface area contributed by atoms with Crippen LogP contribution in [0, 0.1) is 0 Å². The SMILES string of the molecule is c1ccc(-c2nc(-c3ccccc3)nc(-c3ccc4oc5c(ccc6ccc7oc8ccccc8c7c65)c4c3)n2)cc1. The summed E-state index contributed by atoms with van der Waals surface area (Å²) in [7, 11) is 0. The summed E-state index contributed by atoms with van der Waals surface area (Å²) in [5.41, 5.74) is 6.16. The quantitative estimate of drug-likeness (QED) is 0.224. The van der Waals surface area contributed by atoms with Gasteiger partial charge in [-0.15, -0.1) is 0 Å². The van der Waals surface area contributed by atoms with Crippen molar-refractivity contribution in [2.45, 2.75) is 0 Å². The van der Waals surface area contributed by atoms with Crippen LogP contribution in [0.4, 0.5) is 0 Å². The van der Waals surface area contributed by atoms with Gasteiger partial charge in [0, 0.05) is 43.6 Å². The first-order valence-electron chi connectivity index (χ1n) is 13.9. The van der Waals surface area contributed by atoms with Crippen molar-refractivity contribution in [1.82, 2.24) is 15.0 Å². The van der Waals surface area contributed by atoms with Crippen LogP contribution in [0.5, 0.6) is 0 Å². The van der Waals surface area contributed by atoms with Gasteiger partial charge in [0.1, 0.15) is 22.3 Å². The maximum Gasteiger partial charge on any atom is 0.164 e. The van der Waals surface area contributed by atoms with E-state index in [4.69, 9.17) is 23.8 Å². The number of rotatable bonds is 3. The monoisotopic (exact) mass is 539 g/mol. The Morgan fingerprint density at radius 1 is 0.381 bits per heavy atom. The van der Waals surface area contributed by atoms with E-state index in [1.165, 1.54) is 0 Å². The number of hydrogen-bond acceptors (Lipinski definition) is 5. The van der Waals surface area contributed by atoms with E-state index in [-0.39, 0.29) is 0 Å². The number of aromatic nitrogens is 3. The Labute approximate surface area is 239 Å². The van der Waals surface area contributed by atoms with Crippen molar-refractivity contribution in [3.05, 3.63) is 127 Å². The largest absolute Gasteiger partial charge is 0.456 e. The smallest absolute Gasteiger partial charge is 0.164 e. The minimum absolute atomic E-state index is 0.614. The van der Waals surface area contributed by atoms with E-state index in [9.17, 15) is 0 Å². The van der Waals surface area contributed by atoms with Crippen LogP contribution in [0.15, 0.2) is 136 Å². The van der Waals surface area contributed by atoms with E-state index >= 15 is 0 Å². The summed E-state index contributed by atoms with van der Waals surface area (Å²) < 4.78 is 12.8. The maximum atomic E-state index is 6.57. The molecular weight excluding hydrogens is 518 g/mol. The van der Waals surface area contributed by atoms with Gasteiger partial charge in [-0.05, 0) is 41.8 Å². The number of furan rings is 2. The molecule has 6 aromatic carbocycles. The first kappa shape index (κ1) is 22.9. The van der Waals surface area contributed by atoms with Crippen molar-refractivity contribution in [1.29, 1.82) is 0 Å². The number of nitrogens with zero attached hydrogens (tertiary/aromatic N) is 3. The fraction of sp³-hybridized carbons (Fsp3) is 0. The molecule has 5 heteroatoms. The summed E-state index contributed by atoms with van der Waals surface area (Å²) in [6, 6.07) is 42.8. The molecule has 42 heavy (non-hydrogen) atoms. The minimum atomic E-state index is 0.614. The van der Waals surface area contributed by atoms with Gasteiger partial charge in [-0.2, -0.15) is 0 Å². The van der Waals surface area contributed by atoms with Crippen LogP contribution in [0.3, 0.4) is 0 Å². The third-order valence-corrected chi connectivity index (χ3v) is 7.92. The third kappa shape index (κ3) is 3.47. The van der Waals surface area contributed by atoms with E-state index in [1.807, 2.05) is 97.1 Å². The lowest BCUT2D eigenvalue weighted by Crippen LogP contribution is -2.00. The van der Waals surface area contributed by atoms with E-state index < -0.39 is 0 Å². The molecule has 5 nitrogen and oxygen atoms in total. The van der Waals surface area contributed by atoms with Gasteiger partial charge in [-0.1, -0.05) is 91.0 Å². The summed E-state index contributed by atoms with van der Waals surface area (Å²) in [6.07, 6.45) is 0. The van der Waals surface area contributed by atoms with Gasteiger partial charge in [-0.25, -0.2) is 15.0 Å². The molecule has 9 rings (SSSR count). The second-order valence-electron chi connectivity index (χ2n) is 10.4. The van der Waals surface area contributed by atoms with Crippen molar-refractivity contribution in [2.24, 2.45) is 0 Å². The summed E-state index contributed by atoms with van der Waals surface area (Å²) in [4.78, 5) is 14.7. The predicted molar refractivity (Wildman–Crippen MR) is 168 cm³/mol. The fourth-order valence-corrected chi connectivity index (χ4v) is 5.93. The zero-order chi connectivity index (χ0) is 27.6. The average Bonchev–Trinajstić information content (AvgIpc) is 3.63. The molecule has 0 fully saturated rings. The first-order chi connectivity index (χ1) is 20.8. The van der Waals surface area contributed by atoms with E-state index in [0.29, 0.717) is 17.5 Å². The molecule has 196 valence electrons. The normalized spacial score (nSPS) is 11.8. The van der Waals surface area contributed by atoms with Crippen LogP contribution in [0.25, 0.3) is 88.8 Å². The highest BCUT2D eigenvalue weighted by Crippen LogP contribution is 2.41. The van der Waals surface area contributed by atoms with Gasteiger partial charge in [0.05, 0.1) is 0 Å². The maximum absolute atomic E-state index is 6.57. The number of benzene rings is 6. The summed E-state index contributed by atoms with van der Waals surface area (Å²) in [5.74, 6) is 1.89. The van der Waals surface area contributed by atoms with Crippen molar-refractivity contribution >= 4 is 54.6 Å². The predicted octanol–water partition coefficient (Wildman–Crippen LogP) is 9.82. The molecular formula is C37H21N3O2. The molecule has 0 N–H and O–H groups in total. The zero-order valence-electron chi connectivity index (χ0n) is 22.3. The molecule has 3 aromatic heterocycles. The molecule has 0 bridgehead atoms. The van der Waals surface area contributed by atoms with E-state index in [2.05, 4.69) is 30.3 Å². The molecule has 0 aliphatic heterocycles. The lowest BCUT2D eigenvalue weighted by Gasteiger charge is -2.08. The number of fused-ring (bicyclic) bond motifs is 9. The van der Waals surface area contributed by atoms with Crippen LogP contribution in [0.2, 0.25) is 0 Å². The lowest BCUT2D eigenvalue weighted by atomic mass is 10.0. The zero-order valence-corrected chi connectivity index (χ0v) is 22.3. The summed E-state index contributed by atoms with van der Waals surface area (Å²) in [6.45, 7) is 0. The topological polar surface area (TPSA) is 65.0 Å². The summed E-state index contributed by atoms with van der Waals surface area (Å²) >= 11 is 0. The molecule has 0 saturated heterocycles. The Hall–Kier alpha value is -5.81. The Morgan fingerprint density at radius 3 is 1.71 bits per heavy atom. The second-order valence-corrected chi connectivity index (χ2v) is 10.4. The molecule has 0 aliphatic rings. The molecule has 0 saturated carbocycles. The van der Waals surface area contributed by atoms with Gasteiger partial charge in [-0.3, -0.25) is 0 Å². The minimum Gasteiger partial charge on any atom is -0.456 e. The lowest BCUT2D eigenvalue weighted by molar-refractivity contribution is 0.668. The van der Waals surface area contributed by atoms with Crippen molar-refractivity contribution in [2.75, 3.05) is 0 Å². The van der Waals surface area contributed by atoms with E-state index in [0.717, 1.165) is 71.3 Å². The van der Waals surface area contributed by atoms with Crippen molar-refractivity contribution < 1.29 is 8.83 Å². The van der Waals surface area contributed by atoms with Crippen LogP contribution >= 0.6 is 0 Å². The van der Waals surface area contributed by atoms with Crippen LogP contribution in [-0.4, -0.2) is 15.0 Å². The van der Waals surface area contributed by atoms with Gasteiger partial charge in [0.25, 0.3) is 0 Å². The molecule has 0 amide bonds. The Bertz CT molecular complexity index is 2400. The molecule has 3 heterocycles. The van der Waals surface area contributed by atoms with Crippen LogP contribution < -0.4 is 0 Å². The van der Waals surface area contributed by atoms with Crippen LogP contribution in [-0.2, 0) is 0 Å².